The number of carbonyl (C=O) groups is 2. The first-order valence-corrected chi connectivity index (χ1v) is 9.35. The predicted octanol–water partition coefficient (Wildman–Crippen LogP) is 3.38. The monoisotopic (exact) mass is 396 g/mol. The van der Waals surface area contributed by atoms with Gasteiger partial charge in [0.1, 0.15) is 6.61 Å². The Bertz CT molecular complexity index is 1020. The molecular formula is C20H16N2O5S. The van der Waals surface area contributed by atoms with Gasteiger partial charge in [0.2, 0.25) is 6.10 Å². The van der Waals surface area contributed by atoms with Crippen LogP contribution < -0.4 is 14.8 Å². The molecule has 1 N–H and O–H groups in total. The van der Waals surface area contributed by atoms with E-state index in [4.69, 9.17) is 9.47 Å². The van der Waals surface area contributed by atoms with Gasteiger partial charge in [-0.2, -0.15) is 0 Å². The number of rotatable bonds is 4. The Morgan fingerprint density at radius 1 is 1.14 bits per heavy atom. The molecule has 1 atom stereocenters. The molecule has 0 spiro atoms. The summed E-state index contributed by atoms with van der Waals surface area (Å²) in [6.45, 7) is 0.135. The first kappa shape index (κ1) is 18.0. The molecular weight excluding hydrogens is 380 g/mol. The fourth-order valence-electron chi connectivity index (χ4n) is 2.69. The molecule has 2 aromatic carbocycles. The average molecular weight is 396 g/mol. The van der Waals surface area contributed by atoms with Gasteiger partial charge in [0.05, 0.1) is 18.4 Å². The number of aromatic nitrogens is 1. The van der Waals surface area contributed by atoms with E-state index in [1.54, 1.807) is 36.4 Å². The summed E-state index contributed by atoms with van der Waals surface area (Å²) in [6, 6.07) is 14.1. The summed E-state index contributed by atoms with van der Waals surface area (Å²) < 4.78 is 16.0. The molecule has 1 amide bonds. The number of esters is 1. The smallest absolute Gasteiger partial charge is 0.337 e. The van der Waals surface area contributed by atoms with Gasteiger partial charge in [-0.25, -0.2) is 9.78 Å². The predicted molar refractivity (Wildman–Crippen MR) is 104 cm³/mol. The molecule has 142 valence electrons. The first-order valence-electron chi connectivity index (χ1n) is 8.47. The van der Waals surface area contributed by atoms with Gasteiger partial charge >= 0.3 is 5.97 Å². The van der Waals surface area contributed by atoms with Crippen molar-refractivity contribution in [3.8, 4) is 22.8 Å². The van der Waals surface area contributed by atoms with Crippen molar-refractivity contribution in [2.75, 3.05) is 19.0 Å². The number of ether oxygens (including phenoxy) is 3. The largest absolute Gasteiger partial charge is 0.485 e. The van der Waals surface area contributed by atoms with Gasteiger partial charge in [0.25, 0.3) is 5.91 Å². The molecule has 4 rings (SSSR count). The molecule has 1 aliphatic rings. The second-order valence-electron chi connectivity index (χ2n) is 5.96. The van der Waals surface area contributed by atoms with Gasteiger partial charge in [-0.1, -0.05) is 24.3 Å². The van der Waals surface area contributed by atoms with Crippen molar-refractivity contribution >= 4 is 28.3 Å². The van der Waals surface area contributed by atoms with Crippen LogP contribution >= 0.6 is 11.3 Å². The van der Waals surface area contributed by atoms with Crippen LogP contribution in [-0.4, -0.2) is 36.7 Å². The minimum atomic E-state index is -0.749. The normalized spacial score (nSPS) is 15.0. The Labute approximate surface area is 164 Å². The van der Waals surface area contributed by atoms with E-state index in [2.05, 4.69) is 15.0 Å². The van der Waals surface area contributed by atoms with Crippen LogP contribution in [0.4, 0.5) is 5.13 Å². The first-order chi connectivity index (χ1) is 13.6. The Hall–Kier alpha value is -3.39. The molecule has 2 heterocycles. The van der Waals surface area contributed by atoms with E-state index >= 15 is 0 Å². The topological polar surface area (TPSA) is 86.8 Å². The second kappa shape index (κ2) is 7.69. The van der Waals surface area contributed by atoms with Gasteiger partial charge in [-0.3, -0.25) is 10.1 Å². The van der Waals surface area contributed by atoms with Crippen molar-refractivity contribution in [2.45, 2.75) is 6.10 Å². The van der Waals surface area contributed by atoms with Crippen LogP contribution in [0.5, 0.6) is 11.5 Å². The number of anilines is 1. The summed E-state index contributed by atoms with van der Waals surface area (Å²) in [6.07, 6.45) is -0.749. The lowest BCUT2D eigenvalue weighted by Crippen LogP contribution is -2.40. The number of carbonyl (C=O) groups excluding carboxylic acids is 2. The number of benzene rings is 2. The lowest BCUT2D eigenvalue weighted by atomic mass is 10.1. The fraction of sp³-hybridized carbons (Fsp3) is 0.150. The molecule has 28 heavy (non-hydrogen) atoms. The lowest BCUT2D eigenvalue weighted by molar-refractivity contribution is -0.125. The maximum absolute atomic E-state index is 12.5. The molecule has 0 saturated carbocycles. The van der Waals surface area contributed by atoms with E-state index in [0.29, 0.717) is 27.9 Å². The zero-order chi connectivity index (χ0) is 19.5. The highest BCUT2D eigenvalue weighted by Crippen LogP contribution is 2.31. The van der Waals surface area contributed by atoms with Crippen molar-refractivity contribution in [1.29, 1.82) is 0 Å². The van der Waals surface area contributed by atoms with Crippen LogP contribution in [0.15, 0.2) is 53.9 Å². The van der Waals surface area contributed by atoms with Gasteiger partial charge < -0.3 is 14.2 Å². The number of nitrogens with zero attached hydrogens (tertiary/aromatic N) is 1. The number of methoxy groups -OCH3 is 1. The summed E-state index contributed by atoms with van der Waals surface area (Å²) in [5.41, 5.74) is 1.99. The van der Waals surface area contributed by atoms with Crippen LogP contribution in [0, 0.1) is 0 Å². The molecule has 0 unspecified atom stereocenters. The third-order valence-corrected chi connectivity index (χ3v) is 4.89. The van der Waals surface area contributed by atoms with E-state index in [0.717, 1.165) is 5.56 Å². The molecule has 0 fully saturated rings. The molecule has 1 aromatic heterocycles. The van der Waals surface area contributed by atoms with Crippen LogP contribution in [0.3, 0.4) is 0 Å². The maximum Gasteiger partial charge on any atom is 0.337 e. The second-order valence-corrected chi connectivity index (χ2v) is 6.82. The van der Waals surface area contributed by atoms with Crippen LogP contribution in [0.2, 0.25) is 0 Å². The number of hydrogen-bond donors (Lipinski definition) is 1. The number of thiazole rings is 1. The standard InChI is InChI=1S/C20H16N2O5S/c1-25-19(24)13-8-6-12(7-9-13)14-11-28-20(21-14)22-18(23)17-10-26-15-4-2-3-5-16(15)27-17/h2-9,11,17H,10H2,1H3,(H,21,22,23)/t17-/m1/s1. The molecule has 0 saturated heterocycles. The minimum Gasteiger partial charge on any atom is -0.485 e. The highest BCUT2D eigenvalue weighted by atomic mass is 32.1. The number of fused-ring (bicyclic) bond motifs is 1. The molecule has 0 aliphatic carbocycles. The molecule has 7 nitrogen and oxygen atoms in total. The summed E-state index contributed by atoms with van der Waals surface area (Å²) >= 11 is 1.31. The minimum absolute atomic E-state index is 0.135. The molecule has 3 aromatic rings. The summed E-state index contributed by atoms with van der Waals surface area (Å²) in [7, 11) is 1.34. The van der Waals surface area contributed by atoms with Crippen LogP contribution in [0.1, 0.15) is 10.4 Å². The van der Waals surface area contributed by atoms with Crippen molar-refractivity contribution in [3.05, 3.63) is 59.5 Å². The fourth-order valence-corrected chi connectivity index (χ4v) is 3.42. The number of para-hydroxylation sites is 2. The zero-order valence-electron chi connectivity index (χ0n) is 14.9. The molecule has 0 radical (unpaired) electrons. The zero-order valence-corrected chi connectivity index (χ0v) is 15.7. The Balaban J connectivity index is 1.42. The van der Waals surface area contributed by atoms with E-state index < -0.39 is 12.1 Å². The Morgan fingerprint density at radius 3 is 2.64 bits per heavy atom. The molecule has 0 bridgehead atoms. The number of nitrogens with one attached hydrogen (secondary N) is 1. The van der Waals surface area contributed by atoms with Crippen molar-refractivity contribution in [1.82, 2.24) is 4.98 Å². The maximum atomic E-state index is 12.5. The summed E-state index contributed by atoms with van der Waals surface area (Å²) in [5.74, 6) is 0.448. The van der Waals surface area contributed by atoms with Gasteiger partial charge in [-0.05, 0) is 24.3 Å². The van der Waals surface area contributed by atoms with Crippen molar-refractivity contribution < 1.29 is 23.8 Å². The third kappa shape index (κ3) is 3.67. The van der Waals surface area contributed by atoms with Crippen LogP contribution in [-0.2, 0) is 9.53 Å². The van der Waals surface area contributed by atoms with Crippen molar-refractivity contribution in [3.63, 3.8) is 0 Å². The molecule has 1 aliphatic heterocycles. The summed E-state index contributed by atoms with van der Waals surface area (Å²) in [4.78, 5) is 28.4. The van der Waals surface area contributed by atoms with Gasteiger partial charge in [0.15, 0.2) is 16.6 Å². The summed E-state index contributed by atoms with van der Waals surface area (Å²) in [5, 5.41) is 5.05. The van der Waals surface area contributed by atoms with Gasteiger partial charge in [-0.15, -0.1) is 11.3 Å². The van der Waals surface area contributed by atoms with E-state index in [9.17, 15) is 9.59 Å². The van der Waals surface area contributed by atoms with Gasteiger partial charge in [0, 0.05) is 10.9 Å². The average Bonchev–Trinajstić information content (AvgIpc) is 3.21. The highest BCUT2D eigenvalue weighted by Gasteiger charge is 2.27. The SMILES string of the molecule is COC(=O)c1ccc(-c2csc(NC(=O)[C@H]3COc4ccccc4O3)n2)cc1. The van der Waals surface area contributed by atoms with Crippen molar-refractivity contribution in [2.24, 2.45) is 0 Å². The van der Waals surface area contributed by atoms with E-state index in [-0.39, 0.29) is 12.5 Å². The lowest BCUT2D eigenvalue weighted by Gasteiger charge is -2.25. The van der Waals surface area contributed by atoms with E-state index in [1.807, 2.05) is 17.5 Å². The molecule has 8 heteroatoms. The Morgan fingerprint density at radius 2 is 1.89 bits per heavy atom. The third-order valence-electron chi connectivity index (χ3n) is 4.14. The quantitative estimate of drug-likeness (QED) is 0.681. The van der Waals surface area contributed by atoms with Crippen LogP contribution in [0.25, 0.3) is 11.3 Å². The highest BCUT2D eigenvalue weighted by molar-refractivity contribution is 7.14. The van der Waals surface area contributed by atoms with E-state index in [1.165, 1.54) is 18.4 Å². The number of hydrogen-bond acceptors (Lipinski definition) is 7. The Kier molecular flexibility index (Phi) is 4.94. The number of amides is 1.